The third-order valence-corrected chi connectivity index (χ3v) is 4.89. The number of rotatable bonds is 4. The van der Waals surface area contributed by atoms with E-state index in [1.807, 2.05) is 86.6 Å². The maximum Gasteiger partial charge on any atom is 0.252 e. The molecule has 0 radical (unpaired) electrons. The second-order valence-corrected chi connectivity index (χ2v) is 6.79. The van der Waals surface area contributed by atoms with Crippen molar-refractivity contribution in [3.05, 3.63) is 95.8 Å². The van der Waals surface area contributed by atoms with Crippen LogP contribution in [0.3, 0.4) is 0 Å². The largest absolute Gasteiger partial charge is 0.344 e. The molecule has 0 bridgehead atoms. The predicted molar refractivity (Wildman–Crippen MR) is 112 cm³/mol. The topological polar surface area (TPSA) is 54.9 Å². The van der Waals surface area contributed by atoms with Gasteiger partial charge >= 0.3 is 0 Å². The van der Waals surface area contributed by atoms with Gasteiger partial charge < -0.3 is 5.32 Å². The quantitative estimate of drug-likeness (QED) is 0.546. The number of nitrogens with one attached hydrogen (secondary N) is 1. The number of pyridine rings is 2. The average Bonchev–Trinajstić information content (AvgIpc) is 2.74. The van der Waals surface area contributed by atoms with Gasteiger partial charge in [-0.25, -0.2) is 4.98 Å². The lowest BCUT2D eigenvalue weighted by molar-refractivity contribution is 0.0940. The first-order valence-corrected chi connectivity index (χ1v) is 9.31. The molecule has 0 aliphatic rings. The van der Waals surface area contributed by atoms with Crippen LogP contribution in [0, 0.1) is 6.92 Å². The molecule has 1 atom stereocenters. The summed E-state index contributed by atoms with van der Waals surface area (Å²) in [6.07, 6.45) is 1.73. The molecule has 0 spiro atoms. The summed E-state index contributed by atoms with van der Waals surface area (Å²) in [5.74, 6) is -0.119. The maximum absolute atomic E-state index is 13.3. The molecule has 2 heterocycles. The van der Waals surface area contributed by atoms with Crippen LogP contribution in [0.5, 0.6) is 0 Å². The van der Waals surface area contributed by atoms with Crippen LogP contribution in [-0.4, -0.2) is 15.9 Å². The van der Waals surface area contributed by atoms with Crippen molar-refractivity contribution in [3.8, 4) is 11.3 Å². The van der Waals surface area contributed by atoms with Gasteiger partial charge in [0, 0.05) is 17.1 Å². The SMILES string of the molecule is Cc1c(-c2ccccc2)nc2ccccc2c1C(=O)NC(C)c1ccccn1. The minimum atomic E-state index is -0.194. The van der Waals surface area contributed by atoms with E-state index in [2.05, 4.69) is 10.3 Å². The molecule has 4 aromatic rings. The summed E-state index contributed by atoms with van der Waals surface area (Å²) in [6.45, 7) is 3.90. The second-order valence-electron chi connectivity index (χ2n) is 6.79. The van der Waals surface area contributed by atoms with Crippen molar-refractivity contribution in [3.63, 3.8) is 0 Å². The highest BCUT2D eigenvalue weighted by Crippen LogP contribution is 2.30. The number of benzene rings is 2. The van der Waals surface area contributed by atoms with Gasteiger partial charge in [-0.15, -0.1) is 0 Å². The van der Waals surface area contributed by atoms with Gasteiger partial charge in [-0.2, -0.15) is 0 Å². The van der Waals surface area contributed by atoms with E-state index in [1.54, 1.807) is 6.20 Å². The van der Waals surface area contributed by atoms with Gasteiger partial charge in [0.15, 0.2) is 0 Å². The van der Waals surface area contributed by atoms with Crippen molar-refractivity contribution in [2.75, 3.05) is 0 Å². The lowest BCUT2D eigenvalue weighted by atomic mass is 9.97. The fraction of sp³-hybridized carbons (Fsp3) is 0.125. The van der Waals surface area contributed by atoms with Gasteiger partial charge in [0.05, 0.1) is 28.5 Å². The third kappa shape index (κ3) is 3.37. The molecule has 0 saturated carbocycles. The van der Waals surface area contributed by atoms with Crippen LogP contribution >= 0.6 is 0 Å². The molecular weight excluding hydrogens is 346 g/mol. The van der Waals surface area contributed by atoms with E-state index in [-0.39, 0.29) is 11.9 Å². The Morgan fingerprint density at radius 3 is 2.39 bits per heavy atom. The molecule has 1 unspecified atom stereocenters. The fourth-order valence-corrected chi connectivity index (χ4v) is 3.45. The normalized spacial score (nSPS) is 11.9. The van der Waals surface area contributed by atoms with Crippen molar-refractivity contribution in [2.45, 2.75) is 19.9 Å². The lowest BCUT2D eigenvalue weighted by Gasteiger charge is -2.18. The van der Waals surface area contributed by atoms with Crippen molar-refractivity contribution in [1.29, 1.82) is 0 Å². The number of nitrogens with zero attached hydrogens (tertiary/aromatic N) is 2. The molecule has 28 heavy (non-hydrogen) atoms. The van der Waals surface area contributed by atoms with Crippen LogP contribution in [-0.2, 0) is 0 Å². The highest BCUT2D eigenvalue weighted by Gasteiger charge is 2.20. The lowest BCUT2D eigenvalue weighted by Crippen LogP contribution is -2.28. The molecule has 0 saturated heterocycles. The Hall–Kier alpha value is -3.53. The predicted octanol–water partition coefficient (Wildman–Crippen LogP) is 5.10. The summed E-state index contributed by atoms with van der Waals surface area (Å²) >= 11 is 0. The molecular formula is C24H21N3O. The van der Waals surface area contributed by atoms with Crippen molar-refractivity contribution >= 4 is 16.8 Å². The zero-order valence-corrected chi connectivity index (χ0v) is 15.9. The number of aromatic nitrogens is 2. The number of carbonyl (C=O) groups excluding carboxylic acids is 1. The standard InChI is InChI=1S/C24H21N3O/c1-16-22(24(28)26-17(2)20-13-8-9-15-25-20)19-12-6-7-14-21(19)27-23(16)18-10-4-3-5-11-18/h3-15,17H,1-2H3,(H,26,28). The van der Waals surface area contributed by atoms with E-state index in [1.165, 1.54) is 0 Å². The smallest absolute Gasteiger partial charge is 0.252 e. The molecule has 0 aliphatic carbocycles. The van der Waals surface area contributed by atoms with E-state index < -0.39 is 0 Å². The average molecular weight is 367 g/mol. The van der Waals surface area contributed by atoms with Gasteiger partial charge in [0.2, 0.25) is 0 Å². The van der Waals surface area contributed by atoms with Crippen LogP contribution < -0.4 is 5.32 Å². The molecule has 138 valence electrons. The van der Waals surface area contributed by atoms with Gasteiger partial charge in [-0.05, 0) is 37.6 Å². The van der Waals surface area contributed by atoms with Crippen LogP contribution in [0.15, 0.2) is 79.0 Å². The first-order valence-electron chi connectivity index (χ1n) is 9.31. The van der Waals surface area contributed by atoms with E-state index in [9.17, 15) is 4.79 Å². The third-order valence-electron chi connectivity index (χ3n) is 4.89. The Bertz CT molecular complexity index is 1120. The van der Waals surface area contributed by atoms with Gasteiger partial charge in [-0.3, -0.25) is 9.78 Å². The van der Waals surface area contributed by atoms with Gasteiger partial charge in [0.25, 0.3) is 5.91 Å². The summed E-state index contributed by atoms with van der Waals surface area (Å²) in [7, 11) is 0. The van der Waals surface area contributed by atoms with Crippen LogP contribution in [0.1, 0.15) is 34.6 Å². The number of hydrogen-bond donors (Lipinski definition) is 1. The molecule has 4 nitrogen and oxygen atoms in total. The van der Waals surface area contributed by atoms with Crippen LogP contribution in [0.4, 0.5) is 0 Å². The zero-order chi connectivity index (χ0) is 19.5. The molecule has 2 aromatic carbocycles. The number of carbonyl (C=O) groups is 1. The first kappa shape index (κ1) is 17.9. The van der Waals surface area contributed by atoms with E-state index in [0.717, 1.165) is 33.4 Å². The van der Waals surface area contributed by atoms with Gasteiger partial charge in [0.1, 0.15) is 0 Å². The Kier molecular flexibility index (Phi) is 4.85. The highest BCUT2D eigenvalue weighted by atomic mass is 16.1. The van der Waals surface area contributed by atoms with Crippen LogP contribution in [0.2, 0.25) is 0 Å². The van der Waals surface area contributed by atoms with Crippen molar-refractivity contribution < 1.29 is 4.79 Å². The maximum atomic E-state index is 13.3. The summed E-state index contributed by atoms with van der Waals surface area (Å²) in [5, 5.41) is 3.95. The molecule has 4 rings (SSSR count). The Morgan fingerprint density at radius 1 is 0.929 bits per heavy atom. The second kappa shape index (κ2) is 7.61. The molecule has 2 aromatic heterocycles. The van der Waals surface area contributed by atoms with Gasteiger partial charge in [-0.1, -0.05) is 54.6 Å². The first-order chi connectivity index (χ1) is 13.6. The highest BCUT2D eigenvalue weighted by molar-refractivity contribution is 6.09. The number of amides is 1. The monoisotopic (exact) mass is 367 g/mol. The summed E-state index contributed by atoms with van der Waals surface area (Å²) in [5.41, 5.74) is 4.99. The Morgan fingerprint density at radius 2 is 1.64 bits per heavy atom. The van der Waals surface area contributed by atoms with Crippen LogP contribution in [0.25, 0.3) is 22.2 Å². The summed E-state index contributed by atoms with van der Waals surface area (Å²) in [6, 6.07) is 23.2. The van der Waals surface area contributed by atoms with E-state index in [0.29, 0.717) is 5.56 Å². The number of para-hydroxylation sites is 1. The van der Waals surface area contributed by atoms with Crippen molar-refractivity contribution in [2.24, 2.45) is 0 Å². The zero-order valence-electron chi connectivity index (χ0n) is 15.9. The minimum absolute atomic E-state index is 0.119. The Balaban J connectivity index is 1.81. The van der Waals surface area contributed by atoms with Crippen molar-refractivity contribution in [1.82, 2.24) is 15.3 Å². The number of hydrogen-bond acceptors (Lipinski definition) is 3. The molecule has 0 aliphatic heterocycles. The molecule has 1 amide bonds. The molecule has 0 fully saturated rings. The summed E-state index contributed by atoms with van der Waals surface area (Å²) < 4.78 is 0. The minimum Gasteiger partial charge on any atom is -0.344 e. The molecule has 1 N–H and O–H groups in total. The molecule has 4 heteroatoms. The Labute approximate surface area is 164 Å². The fourth-order valence-electron chi connectivity index (χ4n) is 3.45. The van der Waals surface area contributed by atoms with E-state index in [4.69, 9.17) is 4.98 Å². The number of fused-ring (bicyclic) bond motifs is 1. The summed E-state index contributed by atoms with van der Waals surface area (Å²) in [4.78, 5) is 22.5. The van der Waals surface area contributed by atoms with E-state index >= 15 is 0 Å².